The minimum absolute atomic E-state index is 0.418. The highest BCUT2D eigenvalue weighted by Gasteiger charge is 2.19. The summed E-state index contributed by atoms with van der Waals surface area (Å²) in [7, 11) is 0. The molecule has 1 aliphatic heterocycles. The van der Waals surface area contributed by atoms with E-state index in [1.54, 1.807) is 12.1 Å². The molecule has 1 heterocycles. The van der Waals surface area contributed by atoms with Crippen molar-refractivity contribution in [1.82, 2.24) is 0 Å². The molecule has 1 aromatic carbocycles. The molecule has 0 spiro atoms. The predicted molar refractivity (Wildman–Crippen MR) is 57.1 cm³/mol. The summed E-state index contributed by atoms with van der Waals surface area (Å²) in [5.41, 5.74) is 1.57. The van der Waals surface area contributed by atoms with E-state index in [4.69, 9.17) is 9.84 Å². The summed E-state index contributed by atoms with van der Waals surface area (Å²) < 4.78 is 5.08. The van der Waals surface area contributed by atoms with Crippen molar-refractivity contribution in [2.24, 2.45) is 5.92 Å². The number of carboxylic acids is 1. The summed E-state index contributed by atoms with van der Waals surface area (Å²) in [6.45, 7) is 1.61. The topological polar surface area (TPSA) is 66.8 Å². The smallest absolute Gasteiger partial charge is 0.337 e. The molecule has 1 aromatic rings. The fraction of sp³-hybridized carbons (Fsp3) is 0.417. The number of aliphatic hydroxyl groups is 1. The van der Waals surface area contributed by atoms with Gasteiger partial charge >= 0.3 is 5.97 Å². The van der Waals surface area contributed by atoms with Crippen molar-refractivity contribution >= 4 is 5.97 Å². The van der Waals surface area contributed by atoms with Gasteiger partial charge in [0, 0.05) is 5.92 Å². The average molecular weight is 222 g/mol. The highest BCUT2D eigenvalue weighted by molar-refractivity contribution is 5.73. The van der Waals surface area contributed by atoms with Crippen LogP contribution in [0.4, 0.5) is 0 Å². The van der Waals surface area contributed by atoms with E-state index in [1.807, 2.05) is 12.1 Å². The van der Waals surface area contributed by atoms with Crippen molar-refractivity contribution in [2.45, 2.75) is 12.5 Å². The fourth-order valence-electron chi connectivity index (χ4n) is 1.71. The van der Waals surface area contributed by atoms with Crippen LogP contribution in [0.15, 0.2) is 24.3 Å². The van der Waals surface area contributed by atoms with Crippen molar-refractivity contribution in [3.8, 4) is 0 Å². The summed E-state index contributed by atoms with van der Waals surface area (Å²) >= 11 is 0. The molecule has 16 heavy (non-hydrogen) atoms. The number of rotatable bonds is 4. The summed E-state index contributed by atoms with van der Waals surface area (Å²) in [6, 6.07) is 7.04. The van der Waals surface area contributed by atoms with Crippen molar-refractivity contribution in [3.63, 3.8) is 0 Å². The van der Waals surface area contributed by atoms with Crippen molar-refractivity contribution in [3.05, 3.63) is 35.4 Å². The van der Waals surface area contributed by atoms with Crippen LogP contribution < -0.4 is 0 Å². The molecule has 4 nitrogen and oxygen atoms in total. The van der Waals surface area contributed by atoms with E-state index in [-0.39, 0.29) is 0 Å². The second kappa shape index (κ2) is 4.63. The van der Waals surface area contributed by atoms with Crippen LogP contribution in [0.1, 0.15) is 17.2 Å². The molecule has 1 fully saturated rings. The molecular formula is C12H14O4. The van der Waals surface area contributed by atoms with Crippen LogP contribution >= 0.6 is 0 Å². The first-order valence-electron chi connectivity index (χ1n) is 5.24. The summed E-state index contributed by atoms with van der Waals surface area (Å²) in [5.74, 6) is -0.643. The number of hydrogen-bond acceptors (Lipinski definition) is 3. The van der Waals surface area contributed by atoms with Gasteiger partial charge < -0.3 is 14.9 Å². The van der Waals surface area contributed by atoms with Crippen LogP contribution in [-0.2, 0) is 16.0 Å². The van der Waals surface area contributed by atoms with Gasteiger partial charge in [0.05, 0.1) is 13.2 Å². The Bertz CT molecular complexity index is 367. The standard InChI is InChI=1S/C12H14O4/c13-11(12(14)15)10-3-1-8(2-4-10)5-9-6-16-7-9/h1-4,9,11,13H,5-7H2,(H,14,15). The second-order valence-electron chi connectivity index (χ2n) is 4.09. The average Bonchev–Trinajstić information content (AvgIpc) is 2.23. The number of aliphatic hydroxyl groups excluding tert-OH is 1. The zero-order valence-corrected chi connectivity index (χ0v) is 8.80. The van der Waals surface area contributed by atoms with E-state index >= 15 is 0 Å². The number of ether oxygens (including phenoxy) is 1. The zero-order chi connectivity index (χ0) is 11.5. The first kappa shape index (κ1) is 11.1. The molecule has 1 aliphatic rings. The third kappa shape index (κ3) is 2.40. The summed E-state index contributed by atoms with van der Waals surface area (Å²) in [6.07, 6.45) is -0.482. The fourth-order valence-corrected chi connectivity index (χ4v) is 1.71. The highest BCUT2D eigenvalue weighted by atomic mass is 16.5. The molecule has 2 N–H and O–H groups in total. The Kier molecular flexibility index (Phi) is 3.22. The molecule has 0 aromatic heterocycles. The maximum atomic E-state index is 10.6. The number of benzene rings is 1. The van der Waals surface area contributed by atoms with Crippen LogP contribution in [0.5, 0.6) is 0 Å². The van der Waals surface area contributed by atoms with Crippen LogP contribution in [0.2, 0.25) is 0 Å². The molecule has 0 radical (unpaired) electrons. The molecule has 1 atom stereocenters. The molecular weight excluding hydrogens is 208 g/mol. The molecule has 0 amide bonds. The Morgan fingerprint density at radius 2 is 2.00 bits per heavy atom. The van der Waals surface area contributed by atoms with Crippen LogP contribution in [0, 0.1) is 5.92 Å². The lowest BCUT2D eigenvalue weighted by Gasteiger charge is -2.25. The minimum atomic E-state index is -1.43. The van der Waals surface area contributed by atoms with E-state index < -0.39 is 12.1 Å². The van der Waals surface area contributed by atoms with Gasteiger partial charge in [0.2, 0.25) is 0 Å². The van der Waals surface area contributed by atoms with Gasteiger partial charge in [-0.05, 0) is 17.5 Å². The van der Waals surface area contributed by atoms with E-state index in [0.717, 1.165) is 25.2 Å². The predicted octanol–water partition coefficient (Wildman–Crippen LogP) is 0.994. The largest absolute Gasteiger partial charge is 0.479 e. The van der Waals surface area contributed by atoms with Crippen LogP contribution in [0.3, 0.4) is 0 Å². The van der Waals surface area contributed by atoms with E-state index in [0.29, 0.717) is 11.5 Å². The Balaban J connectivity index is 2.00. The first-order chi connectivity index (χ1) is 7.66. The molecule has 0 aliphatic carbocycles. The van der Waals surface area contributed by atoms with Crippen molar-refractivity contribution in [1.29, 1.82) is 0 Å². The van der Waals surface area contributed by atoms with Crippen molar-refractivity contribution in [2.75, 3.05) is 13.2 Å². The van der Waals surface area contributed by atoms with E-state index in [9.17, 15) is 9.90 Å². The number of carbonyl (C=O) groups is 1. The molecule has 4 heteroatoms. The third-order valence-corrected chi connectivity index (χ3v) is 2.76. The van der Waals surface area contributed by atoms with Gasteiger partial charge in [0.25, 0.3) is 0 Å². The van der Waals surface area contributed by atoms with Gasteiger partial charge in [-0.1, -0.05) is 24.3 Å². The first-order valence-corrected chi connectivity index (χ1v) is 5.24. The highest BCUT2D eigenvalue weighted by Crippen LogP contribution is 2.19. The second-order valence-corrected chi connectivity index (χ2v) is 4.09. The zero-order valence-electron chi connectivity index (χ0n) is 8.80. The molecule has 86 valence electrons. The maximum Gasteiger partial charge on any atom is 0.337 e. The lowest BCUT2D eigenvalue weighted by atomic mass is 9.96. The number of hydrogen-bond donors (Lipinski definition) is 2. The van der Waals surface area contributed by atoms with E-state index in [1.165, 1.54) is 0 Å². The van der Waals surface area contributed by atoms with Crippen LogP contribution in [-0.4, -0.2) is 29.4 Å². The number of aliphatic carboxylic acids is 1. The molecule has 0 bridgehead atoms. The Labute approximate surface area is 93.5 Å². The van der Waals surface area contributed by atoms with Gasteiger partial charge in [-0.25, -0.2) is 4.79 Å². The van der Waals surface area contributed by atoms with Gasteiger partial charge in [0.15, 0.2) is 6.10 Å². The van der Waals surface area contributed by atoms with E-state index in [2.05, 4.69) is 0 Å². The van der Waals surface area contributed by atoms with Gasteiger partial charge in [-0.15, -0.1) is 0 Å². The summed E-state index contributed by atoms with van der Waals surface area (Å²) in [4.78, 5) is 10.6. The normalized spacial score (nSPS) is 17.8. The molecule has 1 saturated heterocycles. The van der Waals surface area contributed by atoms with Gasteiger partial charge in [0.1, 0.15) is 0 Å². The lowest BCUT2D eigenvalue weighted by Crippen LogP contribution is -2.29. The maximum absolute atomic E-state index is 10.6. The monoisotopic (exact) mass is 222 g/mol. The van der Waals surface area contributed by atoms with Gasteiger partial charge in [-0.3, -0.25) is 0 Å². The third-order valence-electron chi connectivity index (χ3n) is 2.76. The quantitative estimate of drug-likeness (QED) is 0.797. The Morgan fingerprint density at radius 3 is 2.44 bits per heavy atom. The van der Waals surface area contributed by atoms with Gasteiger partial charge in [-0.2, -0.15) is 0 Å². The van der Waals surface area contributed by atoms with Crippen molar-refractivity contribution < 1.29 is 19.7 Å². The Hall–Kier alpha value is -1.39. The molecule has 0 saturated carbocycles. The number of carboxylic acid groups (broad SMARTS) is 1. The molecule has 1 unspecified atom stereocenters. The minimum Gasteiger partial charge on any atom is -0.479 e. The van der Waals surface area contributed by atoms with Crippen LogP contribution in [0.25, 0.3) is 0 Å². The summed E-state index contributed by atoms with van der Waals surface area (Å²) in [5, 5.41) is 17.9. The lowest BCUT2D eigenvalue weighted by molar-refractivity contribution is -0.146. The SMILES string of the molecule is O=C(O)C(O)c1ccc(CC2COC2)cc1. The molecule has 2 rings (SSSR count). The Morgan fingerprint density at radius 1 is 1.38 bits per heavy atom.